The number of pyridine rings is 4. The molecule has 0 unspecified atom stereocenters. The first-order valence-corrected chi connectivity index (χ1v) is 11.1. The monoisotopic (exact) mass is 412 g/mol. The Morgan fingerprint density at radius 2 is 0.710 bits per heavy atom. The van der Waals surface area contributed by atoms with Crippen LogP contribution in [0.1, 0.15) is 19.3 Å². The summed E-state index contributed by atoms with van der Waals surface area (Å²) in [6.07, 6.45) is 20.8. The van der Waals surface area contributed by atoms with E-state index in [1.165, 1.54) is 41.5 Å². The molecule has 156 valence electrons. The summed E-state index contributed by atoms with van der Waals surface area (Å²) in [5.41, 5.74) is 5.05. The summed E-state index contributed by atoms with van der Waals surface area (Å²) in [7, 11) is 4.09. The summed E-state index contributed by atoms with van der Waals surface area (Å²) in [6, 6.07) is 17.5. The third-order valence-corrected chi connectivity index (χ3v) is 5.74. The van der Waals surface area contributed by atoms with Crippen LogP contribution in [-0.2, 0) is 27.2 Å². The average molecular weight is 413 g/mol. The Labute approximate surface area is 185 Å². The van der Waals surface area contributed by atoms with Crippen LogP contribution in [0.3, 0.4) is 0 Å². The Bertz CT molecular complexity index is 993. The van der Waals surface area contributed by atoms with Gasteiger partial charge in [-0.1, -0.05) is 0 Å². The Balaban J connectivity index is 1.20. The van der Waals surface area contributed by atoms with Crippen molar-refractivity contribution in [3.05, 3.63) is 98.1 Å². The van der Waals surface area contributed by atoms with Gasteiger partial charge in [0.05, 0.1) is 0 Å². The molecule has 0 saturated heterocycles. The molecule has 0 spiro atoms. The highest BCUT2D eigenvalue weighted by Crippen LogP contribution is 2.16. The van der Waals surface area contributed by atoms with Crippen LogP contribution in [0.15, 0.2) is 98.1 Å². The molecule has 31 heavy (non-hydrogen) atoms. The molecule has 0 N–H and O–H groups in total. The Morgan fingerprint density at radius 3 is 1.03 bits per heavy atom. The predicted molar refractivity (Wildman–Crippen MR) is 120 cm³/mol. The lowest BCUT2D eigenvalue weighted by molar-refractivity contribution is -0.701. The van der Waals surface area contributed by atoms with Gasteiger partial charge in [-0.2, -0.15) is 0 Å². The number of unbranched alkanes of at least 4 members (excludes halogenated alkanes) is 2. The van der Waals surface area contributed by atoms with E-state index in [1.54, 1.807) is 0 Å². The van der Waals surface area contributed by atoms with E-state index in [0.29, 0.717) is 0 Å². The number of nitrogens with zero attached hydrogens (tertiary/aromatic N) is 4. The van der Waals surface area contributed by atoms with E-state index in [-0.39, 0.29) is 0 Å². The predicted octanol–water partition coefficient (Wildman–Crippen LogP) is 3.12. The Morgan fingerprint density at radius 1 is 0.419 bits per heavy atom. The van der Waals surface area contributed by atoms with Crippen molar-refractivity contribution >= 4 is 0 Å². The van der Waals surface area contributed by atoms with Gasteiger partial charge in [-0.05, 0) is 28.7 Å². The summed E-state index contributed by atoms with van der Waals surface area (Å²) >= 11 is 0. The minimum atomic E-state index is 1.07. The largest absolute Gasteiger partial charge is 0.208 e. The van der Waals surface area contributed by atoms with E-state index in [1.807, 2.05) is 14.1 Å². The van der Waals surface area contributed by atoms with Gasteiger partial charge in [0.1, 0.15) is 27.2 Å². The van der Waals surface area contributed by atoms with Crippen molar-refractivity contribution in [2.45, 2.75) is 32.4 Å². The van der Waals surface area contributed by atoms with E-state index < -0.39 is 0 Å². The first-order chi connectivity index (χ1) is 15.2. The van der Waals surface area contributed by atoms with Gasteiger partial charge in [-0.15, -0.1) is 0 Å². The first-order valence-electron chi connectivity index (χ1n) is 11.1. The SMILES string of the molecule is C[n+]1ccc(-c2cc[n+](CCCCC[n+]3ccc(-c4cc[n+](C)cc4)cc3)cc2)cc1. The van der Waals surface area contributed by atoms with E-state index in [9.17, 15) is 0 Å². The van der Waals surface area contributed by atoms with Gasteiger partial charge in [0.15, 0.2) is 49.6 Å². The molecule has 0 saturated carbocycles. The maximum absolute atomic E-state index is 2.29. The first kappa shape index (κ1) is 20.9. The molecule has 0 aliphatic rings. The third-order valence-electron chi connectivity index (χ3n) is 5.74. The van der Waals surface area contributed by atoms with Gasteiger partial charge < -0.3 is 0 Å². The molecule has 4 aromatic heterocycles. The molecule has 4 heteroatoms. The number of aryl methyl sites for hydroxylation is 4. The van der Waals surface area contributed by atoms with E-state index in [2.05, 4.69) is 116 Å². The van der Waals surface area contributed by atoms with Crippen LogP contribution in [0, 0.1) is 0 Å². The molecule has 4 aromatic rings. The molecule has 0 aromatic carbocycles. The van der Waals surface area contributed by atoms with Crippen molar-refractivity contribution < 1.29 is 18.3 Å². The molecule has 0 aliphatic heterocycles. The van der Waals surface area contributed by atoms with Crippen molar-refractivity contribution in [3.8, 4) is 22.3 Å². The lowest BCUT2D eigenvalue weighted by atomic mass is 10.1. The molecular formula is C27H32N4+4. The van der Waals surface area contributed by atoms with Crippen LogP contribution in [-0.4, -0.2) is 0 Å². The highest BCUT2D eigenvalue weighted by atomic mass is 14.9. The van der Waals surface area contributed by atoms with Crippen molar-refractivity contribution in [1.82, 2.24) is 0 Å². The molecule has 0 bridgehead atoms. The fourth-order valence-corrected chi connectivity index (χ4v) is 3.75. The van der Waals surface area contributed by atoms with Crippen LogP contribution in [0.4, 0.5) is 0 Å². The van der Waals surface area contributed by atoms with Crippen LogP contribution < -0.4 is 18.3 Å². The maximum Gasteiger partial charge on any atom is 0.169 e. The summed E-state index contributed by atoms with van der Waals surface area (Å²) in [5.74, 6) is 0. The van der Waals surface area contributed by atoms with E-state index >= 15 is 0 Å². The maximum atomic E-state index is 2.29. The minimum absolute atomic E-state index is 1.07. The normalized spacial score (nSPS) is 10.9. The third kappa shape index (κ3) is 5.82. The number of hydrogen-bond donors (Lipinski definition) is 0. The van der Waals surface area contributed by atoms with Gasteiger partial charge in [0, 0.05) is 61.4 Å². The quantitative estimate of drug-likeness (QED) is 0.312. The Hall–Kier alpha value is -3.40. The topological polar surface area (TPSA) is 15.5 Å². The zero-order valence-electron chi connectivity index (χ0n) is 18.6. The van der Waals surface area contributed by atoms with Crippen molar-refractivity contribution in [2.75, 3.05) is 0 Å². The summed E-state index contributed by atoms with van der Waals surface area (Å²) in [6.45, 7) is 2.14. The molecular weight excluding hydrogens is 380 g/mol. The zero-order valence-corrected chi connectivity index (χ0v) is 18.6. The van der Waals surface area contributed by atoms with Gasteiger partial charge in [0.2, 0.25) is 0 Å². The number of rotatable bonds is 8. The van der Waals surface area contributed by atoms with Crippen molar-refractivity contribution in [1.29, 1.82) is 0 Å². The highest BCUT2D eigenvalue weighted by Gasteiger charge is 2.07. The van der Waals surface area contributed by atoms with Crippen LogP contribution in [0.5, 0.6) is 0 Å². The second kappa shape index (κ2) is 10.1. The second-order valence-electron chi connectivity index (χ2n) is 8.21. The molecule has 4 heterocycles. The molecule has 0 amide bonds. The molecule has 0 radical (unpaired) electrons. The van der Waals surface area contributed by atoms with Crippen molar-refractivity contribution in [2.24, 2.45) is 14.1 Å². The van der Waals surface area contributed by atoms with Crippen LogP contribution >= 0.6 is 0 Å². The molecule has 4 nitrogen and oxygen atoms in total. The fourth-order valence-electron chi connectivity index (χ4n) is 3.75. The average Bonchev–Trinajstić information content (AvgIpc) is 2.81. The van der Waals surface area contributed by atoms with Crippen LogP contribution in [0.25, 0.3) is 22.3 Å². The van der Waals surface area contributed by atoms with Gasteiger partial charge in [-0.3, -0.25) is 0 Å². The number of aromatic nitrogens is 4. The zero-order chi connectivity index (χ0) is 21.5. The minimum Gasteiger partial charge on any atom is -0.208 e. The summed E-state index contributed by atoms with van der Waals surface area (Å²) in [4.78, 5) is 0. The molecule has 0 aliphatic carbocycles. The lowest BCUT2D eigenvalue weighted by Crippen LogP contribution is -2.34. The van der Waals surface area contributed by atoms with Gasteiger partial charge in [0.25, 0.3) is 0 Å². The lowest BCUT2D eigenvalue weighted by Gasteiger charge is -2.02. The summed E-state index contributed by atoms with van der Waals surface area (Å²) < 4.78 is 8.69. The molecule has 4 rings (SSSR count). The molecule has 0 atom stereocenters. The smallest absolute Gasteiger partial charge is 0.169 e. The molecule has 0 fully saturated rings. The van der Waals surface area contributed by atoms with Gasteiger partial charge >= 0.3 is 0 Å². The highest BCUT2D eigenvalue weighted by molar-refractivity contribution is 5.61. The standard InChI is InChI=1S/C27H32N4/c1-28-16-6-24(7-17-28)26-10-20-30(21-11-26)14-4-3-5-15-31-22-12-27(13-23-31)25-8-18-29(2)19-9-25/h6-13,16-23H,3-5,14-15H2,1-2H3/q+4. The number of hydrogen-bond acceptors (Lipinski definition) is 0. The van der Waals surface area contributed by atoms with Crippen molar-refractivity contribution in [3.63, 3.8) is 0 Å². The summed E-state index contributed by atoms with van der Waals surface area (Å²) in [5, 5.41) is 0. The fraction of sp³-hybridized carbons (Fsp3) is 0.259. The van der Waals surface area contributed by atoms with E-state index in [0.717, 1.165) is 13.1 Å². The van der Waals surface area contributed by atoms with E-state index in [4.69, 9.17) is 0 Å². The van der Waals surface area contributed by atoms with Gasteiger partial charge in [-0.25, -0.2) is 18.3 Å². The second-order valence-corrected chi connectivity index (χ2v) is 8.21. The van der Waals surface area contributed by atoms with Crippen LogP contribution in [0.2, 0.25) is 0 Å². The Kier molecular flexibility index (Phi) is 6.78.